The Labute approximate surface area is 110 Å². The third kappa shape index (κ3) is 4.95. The molecule has 0 heterocycles. The van der Waals surface area contributed by atoms with Gasteiger partial charge in [0.2, 0.25) is 0 Å². The quantitative estimate of drug-likeness (QED) is 0.835. The number of rotatable bonds is 5. The van der Waals surface area contributed by atoms with Crippen LogP contribution in [0.15, 0.2) is 22.7 Å². The first-order valence-corrected chi connectivity index (χ1v) is 5.81. The van der Waals surface area contributed by atoms with Crippen LogP contribution in [-0.4, -0.2) is 23.9 Å². The molecule has 7 heteroatoms. The van der Waals surface area contributed by atoms with Crippen molar-refractivity contribution in [2.24, 2.45) is 0 Å². The van der Waals surface area contributed by atoms with Gasteiger partial charge in [0.1, 0.15) is 5.75 Å². The molecule has 0 aliphatic carbocycles. The first-order chi connectivity index (χ1) is 8.29. The summed E-state index contributed by atoms with van der Waals surface area (Å²) >= 11 is 3.10. The number of benzene rings is 1. The van der Waals surface area contributed by atoms with Gasteiger partial charge in [0, 0.05) is 6.42 Å². The summed E-state index contributed by atoms with van der Waals surface area (Å²) in [7, 11) is 0. The van der Waals surface area contributed by atoms with Gasteiger partial charge in [-0.25, -0.2) is 4.79 Å². The third-order valence-corrected chi connectivity index (χ3v) is 2.66. The van der Waals surface area contributed by atoms with Crippen LogP contribution in [0.5, 0.6) is 5.75 Å². The van der Waals surface area contributed by atoms with Gasteiger partial charge in [0.05, 0.1) is 16.6 Å². The summed E-state index contributed by atoms with van der Waals surface area (Å²) in [6, 6.07) is 4.06. The number of carbonyl (C=O) groups is 1. The van der Waals surface area contributed by atoms with Crippen LogP contribution < -0.4 is 4.74 Å². The Morgan fingerprint density at radius 1 is 1.39 bits per heavy atom. The molecule has 0 spiro atoms. The Bertz CT molecular complexity index is 432. The minimum atomic E-state index is -4.19. The zero-order chi connectivity index (χ0) is 13.8. The summed E-state index contributed by atoms with van der Waals surface area (Å²) in [6.45, 7) is -0.0788. The normalized spacial score (nSPS) is 11.3. The van der Waals surface area contributed by atoms with Crippen LogP contribution in [0, 0.1) is 0 Å². The number of halogens is 4. The van der Waals surface area contributed by atoms with Crippen LogP contribution in [0.3, 0.4) is 0 Å². The van der Waals surface area contributed by atoms with E-state index in [0.717, 1.165) is 0 Å². The lowest BCUT2D eigenvalue weighted by Crippen LogP contribution is -2.10. The molecule has 0 aliphatic heterocycles. The lowest BCUT2D eigenvalue weighted by atomic mass is 10.2. The molecule has 0 saturated carbocycles. The van der Waals surface area contributed by atoms with E-state index in [4.69, 9.17) is 9.84 Å². The minimum absolute atomic E-state index is 0.0736. The standard InChI is InChI=1S/C11H10BrF3O3/c12-8-6-7(10(16)17)2-3-9(8)18-5-1-4-11(13,14)15/h2-3,6H,1,4-5H2,(H,16,17). The topological polar surface area (TPSA) is 46.5 Å². The molecule has 0 amide bonds. The van der Waals surface area contributed by atoms with E-state index in [1.54, 1.807) is 0 Å². The van der Waals surface area contributed by atoms with Crippen molar-refractivity contribution in [3.8, 4) is 5.75 Å². The number of ether oxygens (including phenoxy) is 1. The highest BCUT2D eigenvalue weighted by atomic mass is 79.9. The van der Waals surface area contributed by atoms with E-state index in [2.05, 4.69) is 15.9 Å². The largest absolute Gasteiger partial charge is 0.492 e. The van der Waals surface area contributed by atoms with Gasteiger partial charge in [-0.1, -0.05) is 0 Å². The van der Waals surface area contributed by atoms with Gasteiger partial charge in [-0.3, -0.25) is 0 Å². The highest BCUT2D eigenvalue weighted by molar-refractivity contribution is 9.10. The maximum absolute atomic E-state index is 11.9. The number of aromatic carboxylic acids is 1. The number of carboxylic acid groups (broad SMARTS) is 1. The molecule has 100 valence electrons. The lowest BCUT2D eigenvalue weighted by molar-refractivity contribution is -0.136. The average molecular weight is 327 g/mol. The molecule has 0 aliphatic rings. The van der Waals surface area contributed by atoms with E-state index in [0.29, 0.717) is 10.2 Å². The van der Waals surface area contributed by atoms with Gasteiger partial charge >= 0.3 is 12.1 Å². The lowest BCUT2D eigenvalue weighted by Gasteiger charge is -2.10. The molecule has 1 rings (SSSR count). The molecule has 0 fully saturated rings. The molecule has 0 saturated heterocycles. The molecule has 3 nitrogen and oxygen atoms in total. The Morgan fingerprint density at radius 2 is 2.06 bits per heavy atom. The maximum Gasteiger partial charge on any atom is 0.389 e. The van der Waals surface area contributed by atoms with Crippen molar-refractivity contribution < 1.29 is 27.8 Å². The van der Waals surface area contributed by atoms with Crippen LogP contribution >= 0.6 is 15.9 Å². The Balaban J connectivity index is 2.51. The van der Waals surface area contributed by atoms with Gasteiger partial charge in [-0.2, -0.15) is 13.2 Å². The maximum atomic E-state index is 11.9. The van der Waals surface area contributed by atoms with Crippen LogP contribution in [0.2, 0.25) is 0 Å². The van der Waals surface area contributed by atoms with E-state index in [9.17, 15) is 18.0 Å². The SMILES string of the molecule is O=C(O)c1ccc(OCCCC(F)(F)F)c(Br)c1. The van der Waals surface area contributed by atoms with Gasteiger partial charge in [0.25, 0.3) is 0 Å². The number of hydrogen-bond acceptors (Lipinski definition) is 2. The van der Waals surface area contributed by atoms with Crippen LogP contribution in [0.4, 0.5) is 13.2 Å². The molecule has 1 aromatic rings. The van der Waals surface area contributed by atoms with E-state index >= 15 is 0 Å². The highest BCUT2D eigenvalue weighted by Crippen LogP contribution is 2.27. The van der Waals surface area contributed by atoms with Crippen molar-refractivity contribution >= 4 is 21.9 Å². The molecule has 0 unspecified atom stereocenters. The second-order valence-electron chi connectivity index (χ2n) is 3.52. The molecule has 0 aromatic heterocycles. The van der Waals surface area contributed by atoms with Crippen molar-refractivity contribution in [2.45, 2.75) is 19.0 Å². The van der Waals surface area contributed by atoms with Crippen LogP contribution in [0.25, 0.3) is 0 Å². The molecular weight excluding hydrogens is 317 g/mol. The van der Waals surface area contributed by atoms with Crippen molar-refractivity contribution in [3.63, 3.8) is 0 Å². The zero-order valence-corrected chi connectivity index (χ0v) is 10.7. The summed E-state index contributed by atoms with van der Waals surface area (Å²) in [5.74, 6) is -0.763. The van der Waals surface area contributed by atoms with Gasteiger partial charge in [-0.05, 0) is 40.5 Å². The second kappa shape index (κ2) is 6.08. The number of carboxylic acids is 1. The Hall–Kier alpha value is -1.24. The molecular formula is C11H10BrF3O3. The monoisotopic (exact) mass is 326 g/mol. The van der Waals surface area contributed by atoms with Crippen molar-refractivity contribution in [1.29, 1.82) is 0 Å². The van der Waals surface area contributed by atoms with E-state index in [-0.39, 0.29) is 18.6 Å². The van der Waals surface area contributed by atoms with Crippen LogP contribution in [0.1, 0.15) is 23.2 Å². The molecule has 18 heavy (non-hydrogen) atoms. The summed E-state index contributed by atoms with van der Waals surface area (Å²) in [5.41, 5.74) is 0.0736. The molecule has 0 radical (unpaired) electrons. The predicted octanol–water partition coefficient (Wildman–Crippen LogP) is 3.87. The summed E-state index contributed by atoms with van der Waals surface area (Å²) < 4.78 is 41.1. The fourth-order valence-electron chi connectivity index (χ4n) is 1.21. The van der Waals surface area contributed by atoms with Crippen molar-refractivity contribution in [2.75, 3.05) is 6.61 Å². The van der Waals surface area contributed by atoms with Crippen molar-refractivity contribution in [1.82, 2.24) is 0 Å². The number of alkyl halides is 3. The van der Waals surface area contributed by atoms with E-state index < -0.39 is 18.6 Å². The van der Waals surface area contributed by atoms with E-state index in [1.807, 2.05) is 0 Å². The smallest absolute Gasteiger partial charge is 0.389 e. The van der Waals surface area contributed by atoms with Crippen molar-refractivity contribution in [3.05, 3.63) is 28.2 Å². The summed E-state index contributed by atoms with van der Waals surface area (Å²) in [5, 5.41) is 8.72. The molecule has 0 atom stereocenters. The van der Waals surface area contributed by atoms with E-state index in [1.165, 1.54) is 18.2 Å². The highest BCUT2D eigenvalue weighted by Gasteiger charge is 2.26. The minimum Gasteiger partial charge on any atom is -0.492 e. The summed E-state index contributed by atoms with van der Waals surface area (Å²) in [4.78, 5) is 10.6. The zero-order valence-electron chi connectivity index (χ0n) is 9.13. The fourth-order valence-corrected chi connectivity index (χ4v) is 1.70. The first kappa shape index (κ1) is 14.8. The fraction of sp³-hybridized carbons (Fsp3) is 0.364. The molecule has 1 N–H and O–H groups in total. The Kier molecular flexibility index (Phi) is 5.01. The molecule has 1 aromatic carbocycles. The third-order valence-electron chi connectivity index (χ3n) is 2.04. The summed E-state index contributed by atoms with van der Waals surface area (Å²) in [6.07, 6.45) is -5.23. The molecule has 0 bridgehead atoms. The predicted molar refractivity (Wildman–Crippen MR) is 61.9 cm³/mol. The van der Waals surface area contributed by atoms with Gasteiger partial charge in [-0.15, -0.1) is 0 Å². The second-order valence-corrected chi connectivity index (χ2v) is 4.37. The van der Waals surface area contributed by atoms with Crippen LogP contribution in [-0.2, 0) is 0 Å². The number of hydrogen-bond donors (Lipinski definition) is 1. The Morgan fingerprint density at radius 3 is 2.56 bits per heavy atom. The van der Waals surface area contributed by atoms with Gasteiger partial charge in [0.15, 0.2) is 0 Å². The average Bonchev–Trinajstić information content (AvgIpc) is 2.24. The van der Waals surface area contributed by atoms with Gasteiger partial charge < -0.3 is 9.84 Å². The first-order valence-electron chi connectivity index (χ1n) is 5.02.